The Morgan fingerprint density at radius 2 is 1.85 bits per heavy atom. The van der Waals surface area contributed by atoms with Crippen LogP contribution in [0.15, 0.2) is 23.2 Å². The van der Waals surface area contributed by atoms with E-state index >= 15 is 0 Å². The van der Waals surface area contributed by atoms with E-state index in [0.29, 0.717) is 25.7 Å². The number of rotatable bonds is 4. The lowest BCUT2D eigenvalue weighted by Crippen LogP contribution is -2.56. The molecular formula is C20H32N4O3. The molecule has 2 heterocycles. The lowest BCUT2D eigenvalue weighted by molar-refractivity contribution is -0.0939. The highest BCUT2D eigenvalue weighted by molar-refractivity contribution is 5.92. The second-order valence-corrected chi connectivity index (χ2v) is 8.01. The Morgan fingerprint density at radius 3 is 2.56 bits per heavy atom. The van der Waals surface area contributed by atoms with Gasteiger partial charge in [-0.3, -0.25) is 9.89 Å². The molecule has 0 radical (unpaired) electrons. The number of ether oxygens (including phenoxy) is 3. The topological polar surface area (TPSA) is 81.3 Å². The van der Waals surface area contributed by atoms with Crippen molar-refractivity contribution in [1.29, 1.82) is 0 Å². The SMILES string of the molecule is CC1CN(C(C)(C)CN=C(N)Nc2ccc3c(c2)OCCCO3)CC(C)O1. The van der Waals surface area contributed by atoms with E-state index in [9.17, 15) is 0 Å². The van der Waals surface area contributed by atoms with Crippen LogP contribution in [0.5, 0.6) is 11.5 Å². The Hall–Kier alpha value is -1.99. The first-order valence-electron chi connectivity index (χ1n) is 9.70. The number of guanidine groups is 1. The van der Waals surface area contributed by atoms with E-state index in [2.05, 4.69) is 42.9 Å². The van der Waals surface area contributed by atoms with Crippen molar-refractivity contribution in [3.8, 4) is 11.5 Å². The van der Waals surface area contributed by atoms with Crippen LogP contribution in [0, 0.1) is 0 Å². The molecule has 7 nitrogen and oxygen atoms in total. The minimum atomic E-state index is -0.0939. The van der Waals surface area contributed by atoms with Crippen molar-refractivity contribution in [2.45, 2.75) is 51.9 Å². The molecule has 0 amide bonds. The Kier molecular flexibility index (Phi) is 6.11. The van der Waals surface area contributed by atoms with Crippen LogP contribution in [0.1, 0.15) is 34.1 Å². The molecule has 0 spiro atoms. The summed E-state index contributed by atoms with van der Waals surface area (Å²) in [6.45, 7) is 12.4. The number of nitrogens with two attached hydrogens (primary N) is 1. The van der Waals surface area contributed by atoms with Crippen molar-refractivity contribution in [3.05, 3.63) is 18.2 Å². The van der Waals surface area contributed by atoms with Gasteiger partial charge in [-0.15, -0.1) is 0 Å². The Morgan fingerprint density at radius 1 is 1.19 bits per heavy atom. The van der Waals surface area contributed by atoms with Crippen LogP contribution in [0.4, 0.5) is 5.69 Å². The summed E-state index contributed by atoms with van der Waals surface area (Å²) in [5.41, 5.74) is 6.87. The number of fused-ring (bicyclic) bond motifs is 1. The molecule has 3 rings (SSSR count). The lowest BCUT2D eigenvalue weighted by Gasteiger charge is -2.44. The fourth-order valence-electron chi connectivity index (χ4n) is 3.48. The van der Waals surface area contributed by atoms with Gasteiger partial charge in [-0.2, -0.15) is 0 Å². The van der Waals surface area contributed by atoms with Crippen molar-refractivity contribution in [2.24, 2.45) is 10.7 Å². The zero-order valence-corrected chi connectivity index (χ0v) is 16.8. The van der Waals surface area contributed by atoms with Crippen LogP contribution < -0.4 is 20.5 Å². The fourth-order valence-corrected chi connectivity index (χ4v) is 3.48. The summed E-state index contributed by atoms with van der Waals surface area (Å²) in [5.74, 6) is 1.90. The molecule has 150 valence electrons. The van der Waals surface area contributed by atoms with Gasteiger partial charge in [0.25, 0.3) is 0 Å². The highest BCUT2D eigenvalue weighted by atomic mass is 16.5. The Balaban J connectivity index is 1.61. The van der Waals surface area contributed by atoms with Crippen LogP contribution >= 0.6 is 0 Å². The third kappa shape index (κ3) is 5.26. The van der Waals surface area contributed by atoms with Gasteiger partial charge >= 0.3 is 0 Å². The minimum absolute atomic E-state index is 0.0939. The summed E-state index contributed by atoms with van der Waals surface area (Å²) in [5, 5.41) is 3.15. The number of anilines is 1. The molecule has 2 aliphatic heterocycles. The molecule has 1 fully saturated rings. The summed E-state index contributed by atoms with van der Waals surface area (Å²) in [4.78, 5) is 7.00. The molecule has 2 atom stereocenters. The predicted molar refractivity (Wildman–Crippen MR) is 108 cm³/mol. The van der Waals surface area contributed by atoms with E-state index in [1.165, 1.54) is 0 Å². The van der Waals surface area contributed by atoms with E-state index in [-0.39, 0.29) is 17.7 Å². The number of nitrogens with zero attached hydrogens (tertiary/aromatic N) is 2. The molecule has 0 saturated carbocycles. The Labute approximate surface area is 161 Å². The van der Waals surface area contributed by atoms with Gasteiger partial charge in [0.1, 0.15) is 0 Å². The molecule has 3 N–H and O–H groups in total. The van der Waals surface area contributed by atoms with E-state index in [1.54, 1.807) is 0 Å². The molecular weight excluding hydrogens is 344 g/mol. The number of nitrogens with one attached hydrogen (secondary N) is 1. The van der Waals surface area contributed by atoms with E-state index in [0.717, 1.165) is 36.7 Å². The van der Waals surface area contributed by atoms with Gasteiger partial charge in [0.15, 0.2) is 17.5 Å². The molecule has 1 aromatic rings. The number of hydrogen-bond donors (Lipinski definition) is 2. The van der Waals surface area contributed by atoms with Crippen LogP contribution in [-0.2, 0) is 4.74 Å². The van der Waals surface area contributed by atoms with E-state index in [1.807, 2.05) is 18.2 Å². The van der Waals surface area contributed by atoms with Gasteiger partial charge in [0.2, 0.25) is 0 Å². The average molecular weight is 377 g/mol. The second-order valence-electron chi connectivity index (χ2n) is 8.01. The quantitative estimate of drug-likeness (QED) is 0.621. The van der Waals surface area contributed by atoms with E-state index < -0.39 is 0 Å². The fraction of sp³-hybridized carbons (Fsp3) is 0.650. The molecule has 0 bridgehead atoms. The summed E-state index contributed by atoms with van der Waals surface area (Å²) >= 11 is 0. The lowest BCUT2D eigenvalue weighted by atomic mass is 10.0. The highest BCUT2D eigenvalue weighted by Crippen LogP contribution is 2.32. The molecule has 0 aliphatic carbocycles. The van der Waals surface area contributed by atoms with Gasteiger partial charge in [-0.1, -0.05) is 0 Å². The van der Waals surface area contributed by atoms with Crippen molar-refractivity contribution in [3.63, 3.8) is 0 Å². The Bertz CT molecular complexity index is 667. The number of benzene rings is 1. The van der Waals surface area contributed by atoms with Crippen molar-refractivity contribution in [2.75, 3.05) is 38.2 Å². The number of aliphatic imine (C=N–C) groups is 1. The van der Waals surface area contributed by atoms with E-state index in [4.69, 9.17) is 19.9 Å². The minimum Gasteiger partial charge on any atom is -0.490 e. The summed E-state index contributed by atoms with van der Waals surface area (Å²) in [6, 6.07) is 5.72. The predicted octanol–water partition coefficient (Wildman–Crippen LogP) is 2.46. The molecule has 0 aromatic heterocycles. The second kappa shape index (κ2) is 8.35. The van der Waals surface area contributed by atoms with Gasteiger partial charge in [-0.25, -0.2) is 0 Å². The maximum Gasteiger partial charge on any atom is 0.193 e. The number of hydrogen-bond acceptors (Lipinski definition) is 5. The van der Waals surface area contributed by atoms with Gasteiger partial charge < -0.3 is 25.3 Å². The average Bonchev–Trinajstić information content (AvgIpc) is 2.84. The van der Waals surface area contributed by atoms with Gasteiger partial charge in [0.05, 0.1) is 32.0 Å². The first kappa shape index (κ1) is 19.8. The maximum absolute atomic E-state index is 6.13. The zero-order chi connectivity index (χ0) is 19.4. The first-order chi connectivity index (χ1) is 12.8. The van der Waals surface area contributed by atoms with Crippen LogP contribution in [0.2, 0.25) is 0 Å². The van der Waals surface area contributed by atoms with Crippen LogP contribution in [0.25, 0.3) is 0 Å². The highest BCUT2D eigenvalue weighted by Gasteiger charge is 2.33. The molecule has 2 unspecified atom stereocenters. The molecule has 1 saturated heterocycles. The normalized spacial score (nSPS) is 24.4. The number of morpholine rings is 1. The molecule has 27 heavy (non-hydrogen) atoms. The van der Waals surface area contributed by atoms with Crippen LogP contribution in [0.3, 0.4) is 0 Å². The largest absolute Gasteiger partial charge is 0.490 e. The third-order valence-electron chi connectivity index (χ3n) is 4.93. The first-order valence-corrected chi connectivity index (χ1v) is 9.70. The smallest absolute Gasteiger partial charge is 0.193 e. The van der Waals surface area contributed by atoms with Crippen LogP contribution in [-0.4, -0.2) is 61.5 Å². The zero-order valence-electron chi connectivity index (χ0n) is 16.8. The van der Waals surface area contributed by atoms with Gasteiger partial charge in [-0.05, 0) is 39.8 Å². The van der Waals surface area contributed by atoms with Crippen molar-refractivity contribution < 1.29 is 14.2 Å². The molecule has 1 aromatic carbocycles. The standard InChI is InChI=1S/C20H32N4O3/c1-14-11-24(12-15(2)27-14)20(3,4)13-22-19(21)23-16-6-7-17-18(10-16)26-9-5-8-25-17/h6-7,10,14-15H,5,8-9,11-13H2,1-4H3,(H3,21,22,23). The third-order valence-corrected chi connectivity index (χ3v) is 4.93. The monoisotopic (exact) mass is 376 g/mol. The summed E-state index contributed by atoms with van der Waals surface area (Å²) in [7, 11) is 0. The van der Waals surface area contributed by atoms with Gasteiger partial charge in [0, 0.05) is 36.8 Å². The van der Waals surface area contributed by atoms with Crippen molar-refractivity contribution in [1.82, 2.24) is 4.90 Å². The summed E-state index contributed by atoms with van der Waals surface area (Å²) in [6.07, 6.45) is 1.35. The molecule has 7 heteroatoms. The maximum atomic E-state index is 6.13. The van der Waals surface area contributed by atoms with Crippen molar-refractivity contribution >= 4 is 11.6 Å². The molecule has 2 aliphatic rings. The summed E-state index contributed by atoms with van der Waals surface area (Å²) < 4.78 is 17.2.